The molecule has 0 bridgehead atoms. The quantitative estimate of drug-likeness (QED) is 0.756. The monoisotopic (exact) mass is 342 g/mol. The van der Waals surface area contributed by atoms with Crippen molar-refractivity contribution in [1.29, 1.82) is 0 Å². The van der Waals surface area contributed by atoms with Gasteiger partial charge in [0, 0.05) is 15.1 Å². The maximum absolute atomic E-state index is 13.0. The average Bonchev–Trinajstić information content (AvgIpc) is 2.39. The lowest BCUT2D eigenvalue weighted by Gasteiger charge is -2.10. The maximum atomic E-state index is 13.0. The van der Waals surface area contributed by atoms with Crippen molar-refractivity contribution in [2.45, 2.75) is 6.61 Å². The average molecular weight is 344 g/mol. The van der Waals surface area contributed by atoms with Crippen LogP contribution in [0.3, 0.4) is 0 Å². The van der Waals surface area contributed by atoms with Gasteiger partial charge in [0.1, 0.15) is 18.2 Å². The van der Waals surface area contributed by atoms with Crippen LogP contribution >= 0.6 is 27.5 Å². The summed E-state index contributed by atoms with van der Waals surface area (Å²) in [6.07, 6.45) is 0.557. The van der Waals surface area contributed by atoms with Crippen molar-refractivity contribution in [3.8, 4) is 5.75 Å². The van der Waals surface area contributed by atoms with Crippen molar-refractivity contribution < 1.29 is 13.9 Å². The fourth-order valence-corrected chi connectivity index (χ4v) is 2.27. The number of hydrogen-bond acceptors (Lipinski definition) is 2. The van der Waals surface area contributed by atoms with Gasteiger partial charge in [-0.3, -0.25) is 4.79 Å². The minimum atomic E-state index is -0.476. The zero-order valence-corrected chi connectivity index (χ0v) is 12.0. The maximum Gasteiger partial charge on any atom is 0.153 e. The van der Waals surface area contributed by atoms with Crippen LogP contribution in [0.1, 0.15) is 15.9 Å². The van der Waals surface area contributed by atoms with Crippen molar-refractivity contribution in [3.63, 3.8) is 0 Å². The first kappa shape index (κ1) is 14.0. The van der Waals surface area contributed by atoms with E-state index in [9.17, 15) is 9.18 Å². The lowest BCUT2D eigenvalue weighted by Crippen LogP contribution is -1.99. The molecule has 0 heterocycles. The number of rotatable bonds is 4. The zero-order valence-electron chi connectivity index (χ0n) is 9.70. The van der Waals surface area contributed by atoms with Gasteiger partial charge in [-0.15, -0.1) is 0 Å². The van der Waals surface area contributed by atoms with Crippen LogP contribution in [0.4, 0.5) is 4.39 Å². The SMILES string of the molecule is O=Cc1cc(F)ccc1OCc1ccc(Br)cc1Cl. The Labute approximate surface area is 123 Å². The summed E-state index contributed by atoms with van der Waals surface area (Å²) in [6.45, 7) is 0.207. The second-order valence-corrected chi connectivity index (χ2v) is 5.15. The highest BCUT2D eigenvalue weighted by molar-refractivity contribution is 9.10. The molecule has 0 spiro atoms. The molecule has 2 aromatic carbocycles. The molecule has 0 fully saturated rings. The first-order chi connectivity index (χ1) is 9.10. The van der Waals surface area contributed by atoms with Crippen molar-refractivity contribution >= 4 is 33.8 Å². The van der Waals surface area contributed by atoms with Crippen LogP contribution < -0.4 is 4.74 Å². The number of halogens is 3. The van der Waals surface area contributed by atoms with Gasteiger partial charge in [0.15, 0.2) is 6.29 Å². The number of ether oxygens (including phenoxy) is 1. The van der Waals surface area contributed by atoms with E-state index in [0.717, 1.165) is 16.1 Å². The highest BCUT2D eigenvalue weighted by atomic mass is 79.9. The number of benzene rings is 2. The van der Waals surface area contributed by atoms with Crippen LogP contribution in [-0.2, 0) is 6.61 Å². The van der Waals surface area contributed by atoms with Gasteiger partial charge in [-0.25, -0.2) is 4.39 Å². The van der Waals surface area contributed by atoms with Gasteiger partial charge in [-0.2, -0.15) is 0 Å². The first-order valence-electron chi connectivity index (χ1n) is 5.41. The van der Waals surface area contributed by atoms with Gasteiger partial charge in [0.25, 0.3) is 0 Å². The third-order valence-electron chi connectivity index (χ3n) is 2.50. The van der Waals surface area contributed by atoms with E-state index in [-0.39, 0.29) is 12.2 Å². The smallest absolute Gasteiger partial charge is 0.153 e. The van der Waals surface area contributed by atoms with Crippen LogP contribution in [0, 0.1) is 5.82 Å². The lowest BCUT2D eigenvalue weighted by atomic mass is 10.2. The predicted molar refractivity (Wildman–Crippen MR) is 75.3 cm³/mol. The van der Waals surface area contributed by atoms with Crippen LogP contribution in [0.25, 0.3) is 0 Å². The van der Waals surface area contributed by atoms with E-state index in [1.165, 1.54) is 12.1 Å². The van der Waals surface area contributed by atoms with E-state index in [2.05, 4.69) is 15.9 Å². The molecular weight excluding hydrogens is 335 g/mol. The molecule has 5 heteroatoms. The fourth-order valence-electron chi connectivity index (χ4n) is 1.54. The second kappa shape index (κ2) is 6.17. The minimum absolute atomic E-state index is 0.174. The van der Waals surface area contributed by atoms with E-state index in [1.54, 1.807) is 6.07 Å². The summed E-state index contributed by atoms with van der Waals surface area (Å²) >= 11 is 9.36. The Morgan fingerprint density at radius 2 is 2.05 bits per heavy atom. The van der Waals surface area contributed by atoms with E-state index < -0.39 is 5.82 Å². The summed E-state index contributed by atoms with van der Waals surface area (Å²) < 4.78 is 19.3. The molecule has 0 saturated carbocycles. The van der Waals surface area contributed by atoms with Gasteiger partial charge in [0.2, 0.25) is 0 Å². The van der Waals surface area contributed by atoms with Crippen LogP contribution in [0.5, 0.6) is 5.75 Å². The molecule has 0 aromatic heterocycles. The molecular formula is C14H9BrClFO2. The topological polar surface area (TPSA) is 26.3 Å². The molecule has 2 rings (SSSR count). The molecule has 0 aliphatic heterocycles. The van der Waals surface area contributed by atoms with Gasteiger partial charge in [-0.1, -0.05) is 33.6 Å². The summed E-state index contributed by atoms with van der Waals surface area (Å²) in [6, 6.07) is 9.21. The molecule has 0 aliphatic carbocycles. The molecule has 0 N–H and O–H groups in total. The molecule has 0 aliphatic rings. The molecule has 2 nitrogen and oxygen atoms in total. The van der Waals surface area contributed by atoms with Crippen molar-refractivity contribution in [1.82, 2.24) is 0 Å². The summed E-state index contributed by atoms with van der Waals surface area (Å²) in [5.41, 5.74) is 0.958. The second-order valence-electron chi connectivity index (χ2n) is 3.82. The highest BCUT2D eigenvalue weighted by Crippen LogP contribution is 2.24. The predicted octanol–water partition coefficient (Wildman–Crippen LogP) is 4.63. The third-order valence-corrected chi connectivity index (χ3v) is 3.34. The fraction of sp³-hybridized carbons (Fsp3) is 0.0714. The Morgan fingerprint density at radius 3 is 2.74 bits per heavy atom. The first-order valence-corrected chi connectivity index (χ1v) is 6.58. The van der Waals surface area contributed by atoms with E-state index >= 15 is 0 Å². The molecule has 0 atom stereocenters. The van der Waals surface area contributed by atoms with Crippen molar-refractivity contribution in [2.75, 3.05) is 0 Å². The van der Waals surface area contributed by atoms with Gasteiger partial charge in [-0.05, 0) is 30.3 Å². The van der Waals surface area contributed by atoms with E-state index in [4.69, 9.17) is 16.3 Å². The van der Waals surface area contributed by atoms with E-state index in [1.807, 2.05) is 12.1 Å². The Kier molecular flexibility index (Phi) is 4.56. The Hall–Kier alpha value is -1.39. The normalized spacial score (nSPS) is 10.3. The highest BCUT2D eigenvalue weighted by Gasteiger charge is 2.07. The number of carbonyl (C=O) groups excluding carboxylic acids is 1. The lowest BCUT2D eigenvalue weighted by molar-refractivity contribution is 0.111. The van der Waals surface area contributed by atoms with Gasteiger partial charge >= 0.3 is 0 Å². The number of hydrogen-bond donors (Lipinski definition) is 0. The van der Waals surface area contributed by atoms with Gasteiger partial charge < -0.3 is 4.74 Å². The minimum Gasteiger partial charge on any atom is -0.488 e. The van der Waals surface area contributed by atoms with Crippen LogP contribution in [0.15, 0.2) is 40.9 Å². The standard InChI is InChI=1S/C14H9BrClFO2/c15-11-2-1-9(13(16)6-11)8-19-14-4-3-12(17)5-10(14)7-18/h1-7H,8H2. The molecule has 0 unspecified atom stereocenters. The molecule has 98 valence electrons. The largest absolute Gasteiger partial charge is 0.488 e. The Bertz CT molecular complexity index is 616. The Balaban J connectivity index is 2.16. The Morgan fingerprint density at radius 1 is 1.26 bits per heavy atom. The third kappa shape index (κ3) is 3.55. The summed E-state index contributed by atoms with van der Waals surface area (Å²) in [7, 11) is 0. The summed E-state index contributed by atoms with van der Waals surface area (Å²) in [5, 5.41) is 0.559. The van der Waals surface area contributed by atoms with Gasteiger partial charge in [0.05, 0.1) is 5.56 Å². The molecule has 0 radical (unpaired) electrons. The molecule has 19 heavy (non-hydrogen) atoms. The molecule has 0 amide bonds. The summed E-state index contributed by atoms with van der Waals surface area (Å²) in [4.78, 5) is 10.8. The van der Waals surface area contributed by atoms with E-state index in [0.29, 0.717) is 17.1 Å². The van der Waals surface area contributed by atoms with Crippen molar-refractivity contribution in [2.24, 2.45) is 0 Å². The van der Waals surface area contributed by atoms with Crippen LogP contribution in [0.2, 0.25) is 5.02 Å². The summed E-state index contributed by atoms with van der Waals surface area (Å²) in [5.74, 6) is -0.147. The molecule has 0 saturated heterocycles. The molecule has 2 aromatic rings. The number of aldehydes is 1. The zero-order chi connectivity index (χ0) is 13.8. The van der Waals surface area contributed by atoms with Crippen LogP contribution in [-0.4, -0.2) is 6.29 Å². The number of carbonyl (C=O) groups is 1. The van der Waals surface area contributed by atoms with Crippen molar-refractivity contribution in [3.05, 3.63) is 62.8 Å².